The number of hydrogen-bond donors (Lipinski definition) is 1. The maximum absolute atomic E-state index is 10.6. The average molecular weight is 158 g/mol. The number of fused-ring (bicyclic) bond motifs is 2. The molecule has 0 radical (unpaired) electrons. The highest BCUT2D eigenvalue weighted by atomic mass is 19.0. The SMILES string of the molecule is F.O=C(O)C1CC2C=CC1C2. The van der Waals surface area contributed by atoms with Crippen LogP contribution in [-0.2, 0) is 4.79 Å². The van der Waals surface area contributed by atoms with Crippen LogP contribution >= 0.6 is 0 Å². The lowest BCUT2D eigenvalue weighted by Crippen LogP contribution is -2.17. The molecule has 0 aromatic carbocycles. The van der Waals surface area contributed by atoms with Crippen LogP contribution in [0.5, 0.6) is 0 Å². The van der Waals surface area contributed by atoms with E-state index in [9.17, 15) is 4.79 Å². The highest BCUT2D eigenvalue weighted by molar-refractivity contribution is 5.71. The lowest BCUT2D eigenvalue weighted by atomic mass is 9.94. The largest absolute Gasteiger partial charge is 0.481 e. The standard InChI is InChI=1S/C8H10O2.FH/c9-8(10)7-4-5-1-2-6(7)3-5;/h1-2,5-7H,3-4H2,(H,9,10);1H. The molecular weight excluding hydrogens is 147 g/mol. The highest BCUT2D eigenvalue weighted by Crippen LogP contribution is 2.43. The lowest BCUT2D eigenvalue weighted by molar-refractivity contribution is -0.142. The summed E-state index contributed by atoms with van der Waals surface area (Å²) in [5.41, 5.74) is 0. The van der Waals surface area contributed by atoms with E-state index in [0.717, 1.165) is 12.8 Å². The molecule has 62 valence electrons. The Morgan fingerprint density at radius 1 is 1.36 bits per heavy atom. The molecule has 2 bridgehead atoms. The van der Waals surface area contributed by atoms with E-state index >= 15 is 0 Å². The first-order valence-corrected chi connectivity index (χ1v) is 3.68. The molecule has 0 spiro atoms. The third-order valence-corrected chi connectivity index (χ3v) is 2.60. The summed E-state index contributed by atoms with van der Waals surface area (Å²) in [6, 6.07) is 0. The Labute approximate surface area is 64.3 Å². The minimum absolute atomic E-state index is 0. The third-order valence-electron chi connectivity index (χ3n) is 2.60. The fraction of sp³-hybridized carbons (Fsp3) is 0.625. The Balaban J connectivity index is 0.000000605. The second kappa shape index (κ2) is 2.64. The van der Waals surface area contributed by atoms with Gasteiger partial charge in [0.15, 0.2) is 0 Å². The van der Waals surface area contributed by atoms with Crippen LogP contribution in [0.2, 0.25) is 0 Å². The van der Waals surface area contributed by atoms with Gasteiger partial charge in [0.1, 0.15) is 0 Å². The van der Waals surface area contributed by atoms with E-state index in [1.54, 1.807) is 0 Å². The van der Waals surface area contributed by atoms with E-state index in [-0.39, 0.29) is 10.6 Å². The molecule has 3 atom stereocenters. The first-order valence-electron chi connectivity index (χ1n) is 3.68. The van der Waals surface area contributed by atoms with Gasteiger partial charge in [-0.3, -0.25) is 9.50 Å². The fourth-order valence-corrected chi connectivity index (χ4v) is 2.06. The van der Waals surface area contributed by atoms with Crippen molar-refractivity contribution in [1.29, 1.82) is 0 Å². The molecule has 0 amide bonds. The van der Waals surface area contributed by atoms with Crippen molar-refractivity contribution in [2.24, 2.45) is 17.8 Å². The molecule has 1 saturated carbocycles. The van der Waals surface area contributed by atoms with Crippen molar-refractivity contribution in [2.45, 2.75) is 12.8 Å². The molecule has 2 aliphatic rings. The Kier molecular flexibility index (Phi) is 1.98. The van der Waals surface area contributed by atoms with Crippen LogP contribution in [0.15, 0.2) is 12.2 Å². The van der Waals surface area contributed by atoms with Crippen LogP contribution in [0.1, 0.15) is 12.8 Å². The van der Waals surface area contributed by atoms with Crippen molar-refractivity contribution in [1.82, 2.24) is 0 Å². The van der Waals surface area contributed by atoms with Crippen LogP contribution in [0, 0.1) is 17.8 Å². The fourth-order valence-electron chi connectivity index (χ4n) is 2.06. The Morgan fingerprint density at radius 2 is 2.09 bits per heavy atom. The summed E-state index contributed by atoms with van der Waals surface area (Å²) < 4.78 is 0. The van der Waals surface area contributed by atoms with Gasteiger partial charge in [-0.1, -0.05) is 12.2 Å². The molecule has 11 heavy (non-hydrogen) atoms. The van der Waals surface area contributed by atoms with Gasteiger partial charge < -0.3 is 5.11 Å². The maximum atomic E-state index is 10.6. The Bertz CT molecular complexity index is 200. The van der Waals surface area contributed by atoms with Gasteiger partial charge in [0.2, 0.25) is 0 Å². The Morgan fingerprint density at radius 3 is 2.36 bits per heavy atom. The number of halogens is 1. The van der Waals surface area contributed by atoms with Gasteiger partial charge in [-0.25, -0.2) is 0 Å². The molecular formula is C8H11FO2. The molecule has 3 heteroatoms. The van der Waals surface area contributed by atoms with E-state index in [4.69, 9.17) is 5.11 Å². The first kappa shape index (κ1) is 8.24. The van der Waals surface area contributed by atoms with Crippen molar-refractivity contribution in [2.75, 3.05) is 0 Å². The quantitative estimate of drug-likeness (QED) is 0.586. The number of carboxylic acids is 1. The maximum Gasteiger partial charge on any atom is 0.307 e. The number of carboxylic acid groups (broad SMARTS) is 1. The van der Waals surface area contributed by atoms with Crippen LogP contribution in [0.4, 0.5) is 4.70 Å². The second-order valence-corrected chi connectivity index (χ2v) is 3.22. The monoisotopic (exact) mass is 158 g/mol. The van der Waals surface area contributed by atoms with Crippen LogP contribution in [0.25, 0.3) is 0 Å². The van der Waals surface area contributed by atoms with E-state index in [2.05, 4.69) is 12.2 Å². The van der Waals surface area contributed by atoms with Gasteiger partial charge in [-0.15, -0.1) is 0 Å². The van der Waals surface area contributed by atoms with Gasteiger partial charge in [0.05, 0.1) is 5.92 Å². The van der Waals surface area contributed by atoms with E-state index in [1.807, 2.05) is 0 Å². The molecule has 0 aromatic rings. The van der Waals surface area contributed by atoms with Gasteiger partial charge in [-0.05, 0) is 24.7 Å². The van der Waals surface area contributed by atoms with Crippen LogP contribution in [-0.4, -0.2) is 11.1 Å². The van der Waals surface area contributed by atoms with Gasteiger partial charge in [-0.2, -0.15) is 0 Å². The smallest absolute Gasteiger partial charge is 0.307 e. The van der Waals surface area contributed by atoms with E-state index < -0.39 is 5.97 Å². The van der Waals surface area contributed by atoms with Gasteiger partial charge in [0, 0.05) is 0 Å². The second-order valence-electron chi connectivity index (χ2n) is 3.22. The van der Waals surface area contributed by atoms with Crippen molar-refractivity contribution in [3.05, 3.63) is 12.2 Å². The molecule has 1 fully saturated rings. The number of aliphatic carboxylic acids is 1. The third kappa shape index (κ3) is 1.15. The zero-order valence-corrected chi connectivity index (χ0v) is 6.06. The van der Waals surface area contributed by atoms with Crippen LogP contribution < -0.4 is 0 Å². The summed E-state index contributed by atoms with van der Waals surface area (Å²) >= 11 is 0. The van der Waals surface area contributed by atoms with Gasteiger partial charge >= 0.3 is 5.97 Å². The molecule has 3 unspecified atom stereocenters. The molecule has 0 aliphatic heterocycles. The number of allylic oxidation sites excluding steroid dienone is 2. The molecule has 0 aromatic heterocycles. The molecule has 1 N–H and O–H groups in total. The number of carbonyl (C=O) groups is 1. The van der Waals surface area contributed by atoms with Crippen molar-refractivity contribution >= 4 is 5.97 Å². The molecule has 2 rings (SSSR count). The summed E-state index contributed by atoms with van der Waals surface area (Å²) in [6.45, 7) is 0. The number of hydrogen-bond acceptors (Lipinski definition) is 1. The van der Waals surface area contributed by atoms with Crippen molar-refractivity contribution in [3.63, 3.8) is 0 Å². The normalized spacial score (nSPS) is 38.7. The molecule has 2 aliphatic carbocycles. The van der Waals surface area contributed by atoms with E-state index in [1.165, 1.54) is 0 Å². The molecule has 2 nitrogen and oxygen atoms in total. The van der Waals surface area contributed by atoms with E-state index in [0.29, 0.717) is 11.8 Å². The van der Waals surface area contributed by atoms with Crippen molar-refractivity contribution < 1.29 is 14.6 Å². The number of rotatable bonds is 1. The lowest BCUT2D eigenvalue weighted by Gasteiger charge is -2.11. The van der Waals surface area contributed by atoms with Crippen LogP contribution in [0.3, 0.4) is 0 Å². The Hall–Kier alpha value is -0.860. The predicted molar refractivity (Wildman–Crippen MR) is 39.0 cm³/mol. The average Bonchev–Trinajstić information content (AvgIpc) is 2.44. The summed E-state index contributed by atoms with van der Waals surface area (Å²) in [5.74, 6) is 0.237. The zero-order valence-electron chi connectivity index (χ0n) is 6.06. The van der Waals surface area contributed by atoms with Crippen molar-refractivity contribution in [3.8, 4) is 0 Å². The summed E-state index contributed by atoms with van der Waals surface area (Å²) in [5, 5.41) is 8.70. The minimum atomic E-state index is -0.614. The van der Waals surface area contributed by atoms with Gasteiger partial charge in [0.25, 0.3) is 0 Å². The molecule has 0 heterocycles. The summed E-state index contributed by atoms with van der Waals surface area (Å²) in [6.07, 6.45) is 6.17. The topological polar surface area (TPSA) is 37.3 Å². The predicted octanol–water partition coefficient (Wildman–Crippen LogP) is 1.44. The highest BCUT2D eigenvalue weighted by Gasteiger charge is 2.39. The molecule has 0 saturated heterocycles. The first-order chi connectivity index (χ1) is 4.77. The minimum Gasteiger partial charge on any atom is -0.481 e. The summed E-state index contributed by atoms with van der Waals surface area (Å²) in [4.78, 5) is 10.6. The summed E-state index contributed by atoms with van der Waals surface area (Å²) in [7, 11) is 0. The zero-order chi connectivity index (χ0) is 7.14.